The van der Waals surface area contributed by atoms with E-state index in [1.54, 1.807) is 73.8 Å². The molecule has 12 nitrogen and oxygen atoms in total. The van der Waals surface area contributed by atoms with Crippen molar-refractivity contribution >= 4 is 40.2 Å². The minimum atomic E-state index is -0.407. The van der Waals surface area contributed by atoms with Crippen molar-refractivity contribution in [2.45, 2.75) is 19.3 Å². The summed E-state index contributed by atoms with van der Waals surface area (Å²) in [4.78, 5) is 26.4. The molecule has 1 amide bonds. The summed E-state index contributed by atoms with van der Waals surface area (Å²) in [6.07, 6.45) is 5.18. The summed E-state index contributed by atoms with van der Waals surface area (Å²) in [6, 6.07) is 18.9. The van der Waals surface area contributed by atoms with E-state index in [-0.39, 0.29) is 40.7 Å². The molecule has 1 aromatic heterocycles. The zero-order valence-corrected chi connectivity index (χ0v) is 31.7. The Morgan fingerprint density at radius 2 is 1.41 bits per heavy atom. The first-order chi connectivity index (χ1) is 26.2. The van der Waals surface area contributed by atoms with Crippen LogP contribution >= 0.6 is 11.6 Å². The maximum atomic E-state index is 14.0. The number of fused-ring (bicyclic) bond motifs is 1. The van der Waals surface area contributed by atoms with Crippen LogP contribution in [0.15, 0.2) is 82.0 Å². The van der Waals surface area contributed by atoms with Gasteiger partial charge in [0.15, 0.2) is 28.8 Å². The van der Waals surface area contributed by atoms with Gasteiger partial charge in [0.05, 0.1) is 55.9 Å². The second kappa shape index (κ2) is 18.7. The van der Waals surface area contributed by atoms with E-state index < -0.39 is 5.43 Å². The van der Waals surface area contributed by atoms with Crippen LogP contribution in [-0.4, -0.2) is 61.8 Å². The Kier molecular flexibility index (Phi) is 13.5. The molecule has 284 valence electrons. The Hall–Kier alpha value is -6.01. The number of ether oxygens (including phenoxy) is 8. The molecule has 4 aromatic carbocycles. The summed E-state index contributed by atoms with van der Waals surface area (Å²) in [7, 11) is 9.06. The highest BCUT2D eigenvalue weighted by molar-refractivity contribution is 6.30. The van der Waals surface area contributed by atoms with Gasteiger partial charge < -0.3 is 47.6 Å². The highest BCUT2D eigenvalue weighted by Crippen LogP contribution is 2.44. The number of anilines is 1. The van der Waals surface area contributed by atoms with Crippen LogP contribution in [0.4, 0.5) is 5.69 Å². The van der Waals surface area contributed by atoms with Gasteiger partial charge in [-0.15, -0.1) is 0 Å². The second-order valence-corrected chi connectivity index (χ2v) is 12.1. The number of carbonyl (C=O) groups excluding carboxylic acids is 1. The lowest BCUT2D eigenvalue weighted by Gasteiger charge is -2.17. The van der Waals surface area contributed by atoms with Crippen molar-refractivity contribution in [3.05, 3.63) is 93.6 Å². The topological polar surface area (TPSA) is 133 Å². The minimum absolute atomic E-state index is 0.0114. The van der Waals surface area contributed by atoms with Crippen molar-refractivity contribution in [2.75, 3.05) is 61.2 Å². The van der Waals surface area contributed by atoms with Crippen LogP contribution in [0.2, 0.25) is 5.02 Å². The van der Waals surface area contributed by atoms with Crippen molar-refractivity contribution in [2.24, 2.45) is 0 Å². The summed E-state index contributed by atoms with van der Waals surface area (Å²) in [6.45, 7) is 0.642. The predicted molar refractivity (Wildman–Crippen MR) is 208 cm³/mol. The van der Waals surface area contributed by atoms with E-state index in [2.05, 4.69) is 5.32 Å². The second-order valence-electron chi connectivity index (χ2n) is 11.7. The lowest BCUT2D eigenvalue weighted by atomic mass is 10.1. The van der Waals surface area contributed by atoms with Crippen molar-refractivity contribution in [1.29, 1.82) is 0 Å². The summed E-state index contributed by atoms with van der Waals surface area (Å²) in [5.74, 6) is 2.89. The molecule has 0 fully saturated rings. The van der Waals surface area contributed by atoms with Gasteiger partial charge in [-0.25, -0.2) is 0 Å². The number of methoxy groups -OCH3 is 6. The Morgan fingerprint density at radius 3 is 2.06 bits per heavy atom. The van der Waals surface area contributed by atoms with Crippen LogP contribution in [0.1, 0.15) is 24.8 Å². The SMILES string of the molecule is COc1cc(OC)c2c(=O)c(OCCCCCOc3ccc(/C=C/C(=O)Nc4cccc(Cl)c4)cc3OC)c(-c3cc(OC)c(OC)c(OC)c3)oc2c1. The number of benzene rings is 4. The zero-order valence-electron chi connectivity index (χ0n) is 30.9. The van der Waals surface area contributed by atoms with Gasteiger partial charge in [-0.05, 0) is 73.4 Å². The molecule has 0 bridgehead atoms. The van der Waals surface area contributed by atoms with Crippen molar-refractivity contribution in [3.8, 4) is 57.3 Å². The van der Waals surface area contributed by atoms with E-state index in [0.717, 1.165) is 12.0 Å². The molecule has 54 heavy (non-hydrogen) atoms. The first-order valence-electron chi connectivity index (χ1n) is 16.9. The van der Waals surface area contributed by atoms with Gasteiger partial charge in [0.1, 0.15) is 22.5 Å². The Morgan fingerprint density at radius 1 is 0.704 bits per heavy atom. The van der Waals surface area contributed by atoms with Gasteiger partial charge in [-0.1, -0.05) is 23.7 Å². The molecule has 0 saturated heterocycles. The van der Waals surface area contributed by atoms with E-state index >= 15 is 0 Å². The van der Waals surface area contributed by atoms with Gasteiger partial charge in [0.25, 0.3) is 0 Å². The highest BCUT2D eigenvalue weighted by atomic mass is 35.5. The number of hydrogen-bond acceptors (Lipinski definition) is 11. The van der Waals surface area contributed by atoms with Crippen LogP contribution in [0.5, 0.6) is 46.0 Å². The third-order valence-corrected chi connectivity index (χ3v) is 8.51. The summed E-state index contributed by atoms with van der Waals surface area (Å²) in [5.41, 5.74) is 1.69. The first kappa shape index (κ1) is 39.2. The van der Waals surface area contributed by atoms with E-state index in [1.165, 1.54) is 41.6 Å². The molecule has 0 atom stereocenters. The fourth-order valence-corrected chi connectivity index (χ4v) is 5.81. The van der Waals surface area contributed by atoms with Gasteiger partial charge in [0, 0.05) is 34.5 Å². The molecule has 0 aliphatic rings. The fourth-order valence-electron chi connectivity index (χ4n) is 5.62. The molecule has 13 heteroatoms. The largest absolute Gasteiger partial charge is 0.496 e. The monoisotopic (exact) mass is 759 g/mol. The molecule has 5 aromatic rings. The third kappa shape index (κ3) is 9.31. The average Bonchev–Trinajstić information content (AvgIpc) is 3.19. The molecule has 0 aliphatic heterocycles. The summed E-state index contributed by atoms with van der Waals surface area (Å²) < 4.78 is 51.6. The lowest BCUT2D eigenvalue weighted by Crippen LogP contribution is -2.12. The molecule has 0 aliphatic carbocycles. The molecule has 1 N–H and O–H groups in total. The lowest BCUT2D eigenvalue weighted by molar-refractivity contribution is -0.111. The molecule has 0 saturated carbocycles. The normalized spacial score (nSPS) is 10.9. The molecular formula is C41H42ClNO11. The van der Waals surface area contributed by atoms with Gasteiger partial charge >= 0.3 is 0 Å². The van der Waals surface area contributed by atoms with Crippen LogP contribution in [0.25, 0.3) is 28.4 Å². The summed E-state index contributed by atoms with van der Waals surface area (Å²) >= 11 is 5.99. The van der Waals surface area contributed by atoms with Gasteiger partial charge in [-0.3, -0.25) is 9.59 Å². The molecule has 0 unspecified atom stereocenters. The maximum absolute atomic E-state index is 14.0. The number of hydrogen-bond donors (Lipinski definition) is 1. The number of amides is 1. The minimum Gasteiger partial charge on any atom is -0.496 e. The zero-order chi connectivity index (χ0) is 38.6. The quantitative estimate of drug-likeness (QED) is 0.0682. The first-order valence-corrected chi connectivity index (χ1v) is 17.3. The maximum Gasteiger partial charge on any atom is 0.248 e. The van der Waals surface area contributed by atoms with E-state index in [4.69, 9.17) is 53.9 Å². The van der Waals surface area contributed by atoms with Crippen LogP contribution in [0.3, 0.4) is 0 Å². The number of unbranched alkanes of at least 4 members (excludes halogenated alkanes) is 2. The Labute approximate surface area is 318 Å². The standard InChI is InChI=1S/C41H42ClNO11/c1-46-29-23-32(48-3)37-33(24-29)54-39(26-20-34(49-4)40(51-6)35(21-26)50-5)41(38(37)45)53-18-9-7-8-17-52-30-15-13-25(19-31(30)47-2)14-16-36(44)43-28-12-10-11-27(42)22-28/h10-16,19-24H,7-9,17-18H2,1-6H3,(H,43,44)/b16-14+. The number of rotatable bonds is 18. The van der Waals surface area contributed by atoms with Gasteiger partial charge in [-0.2, -0.15) is 0 Å². The van der Waals surface area contributed by atoms with Gasteiger partial charge in [0.2, 0.25) is 22.8 Å². The predicted octanol–water partition coefficient (Wildman–Crippen LogP) is 8.45. The van der Waals surface area contributed by atoms with Crippen molar-refractivity contribution < 1.29 is 47.1 Å². The van der Waals surface area contributed by atoms with Crippen LogP contribution in [0, 0.1) is 0 Å². The Balaban J connectivity index is 1.24. The molecule has 0 spiro atoms. The van der Waals surface area contributed by atoms with Crippen LogP contribution in [-0.2, 0) is 4.79 Å². The molecular weight excluding hydrogens is 718 g/mol. The fraction of sp³-hybridized carbons (Fsp3) is 0.268. The van der Waals surface area contributed by atoms with E-state index in [9.17, 15) is 9.59 Å². The van der Waals surface area contributed by atoms with Crippen molar-refractivity contribution in [1.82, 2.24) is 0 Å². The van der Waals surface area contributed by atoms with Crippen molar-refractivity contribution in [3.63, 3.8) is 0 Å². The van der Waals surface area contributed by atoms with E-state index in [1.807, 2.05) is 6.07 Å². The number of halogens is 1. The molecule has 0 radical (unpaired) electrons. The highest BCUT2D eigenvalue weighted by Gasteiger charge is 2.24. The molecule has 1 heterocycles. The summed E-state index contributed by atoms with van der Waals surface area (Å²) in [5, 5.41) is 3.52. The number of nitrogens with one attached hydrogen (secondary N) is 1. The molecule has 5 rings (SSSR count). The average molecular weight is 760 g/mol. The Bertz CT molecular complexity index is 2150. The smallest absolute Gasteiger partial charge is 0.248 e. The third-order valence-electron chi connectivity index (χ3n) is 8.27. The number of carbonyl (C=O) groups is 1. The van der Waals surface area contributed by atoms with Crippen LogP contribution < -0.4 is 48.6 Å². The van der Waals surface area contributed by atoms with E-state index in [0.29, 0.717) is 70.2 Å².